The fourth-order valence-corrected chi connectivity index (χ4v) is 6.54. The van der Waals surface area contributed by atoms with Crippen LogP contribution in [0.4, 0.5) is 18.9 Å². The van der Waals surface area contributed by atoms with Crippen LogP contribution in [0.1, 0.15) is 16.7 Å². The predicted molar refractivity (Wildman–Crippen MR) is 146 cm³/mol. The van der Waals surface area contributed by atoms with E-state index >= 15 is 0 Å². The van der Waals surface area contributed by atoms with Crippen LogP contribution in [0.15, 0.2) is 107 Å². The van der Waals surface area contributed by atoms with E-state index in [1.165, 1.54) is 36.4 Å². The highest BCUT2D eigenvalue weighted by molar-refractivity contribution is 7.93. The Bertz CT molecular complexity index is 1640. The maximum Gasteiger partial charge on any atom is 0.416 e. The summed E-state index contributed by atoms with van der Waals surface area (Å²) in [7, 11) is -4.19. The SMILES string of the molecule is O=C(NCc1cccc(S)c1)[C@@H]1Cc2ccccc2N1S(=O)(=O)c1ccc(-c2cccc(C(F)(F)F)c2)cc1. The molecule has 0 saturated carbocycles. The van der Waals surface area contributed by atoms with Crippen LogP contribution in [0.3, 0.4) is 0 Å². The average Bonchev–Trinajstić information content (AvgIpc) is 3.32. The lowest BCUT2D eigenvalue weighted by molar-refractivity contribution is -0.137. The number of rotatable bonds is 6. The number of hydrogen-bond donors (Lipinski definition) is 2. The number of carbonyl (C=O) groups is 1. The van der Waals surface area contributed by atoms with E-state index in [9.17, 15) is 26.4 Å². The minimum absolute atomic E-state index is 0.0736. The van der Waals surface area contributed by atoms with Crippen molar-refractivity contribution in [2.75, 3.05) is 4.31 Å². The zero-order valence-electron chi connectivity index (χ0n) is 20.4. The maximum atomic E-state index is 13.9. The highest BCUT2D eigenvalue weighted by Gasteiger charge is 2.42. The van der Waals surface area contributed by atoms with Gasteiger partial charge in [-0.3, -0.25) is 9.10 Å². The van der Waals surface area contributed by atoms with Gasteiger partial charge in [-0.05, 0) is 64.7 Å². The molecule has 1 N–H and O–H groups in total. The molecule has 10 heteroatoms. The lowest BCUT2D eigenvalue weighted by atomic mass is 10.0. The minimum Gasteiger partial charge on any atom is -0.350 e. The molecule has 200 valence electrons. The van der Waals surface area contributed by atoms with Gasteiger partial charge in [0.05, 0.1) is 16.1 Å². The molecule has 0 radical (unpaired) electrons. The molecule has 0 aromatic heterocycles. The summed E-state index contributed by atoms with van der Waals surface area (Å²) in [4.78, 5) is 14.0. The number of para-hydroxylation sites is 1. The van der Waals surface area contributed by atoms with E-state index < -0.39 is 33.7 Å². The molecule has 1 aliphatic heterocycles. The molecule has 1 heterocycles. The van der Waals surface area contributed by atoms with Crippen LogP contribution in [-0.4, -0.2) is 20.4 Å². The number of nitrogens with zero attached hydrogens (tertiary/aromatic N) is 1. The Morgan fingerprint density at radius 2 is 1.62 bits per heavy atom. The smallest absolute Gasteiger partial charge is 0.350 e. The van der Waals surface area contributed by atoms with Crippen LogP contribution in [0, 0.1) is 0 Å². The van der Waals surface area contributed by atoms with E-state index in [0.717, 1.165) is 32.5 Å². The zero-order chi connectivity index (χ0) is 27.8. The standard InChI is InChI=1S/C29H23F3N2O3S2/c30-29(31,32)23-8-4-7-21(16-23)20-11-13-25(14-12-20)39(36,37)34-26-10-2-1-6-22(26)17-27(34)28(35)33-18-19-5-3-9-24(38)15-19/h1-16,27,38H,17-18H2,(H,33,35)/t27-/m0/s1. The van der Waals surface area contributed by atoms with E-state index in [1.807, 2.05) is 24.3 Å². The summed E-state index contributed by atoms with van der Waals surface area (Å²) < 4.78 is 68.3. The third-order valence-corrected chi connectivity index (χ3v) is 8.65. The molecule has 1 aliphatic rings. The molecule has 0 saturated heterocycles. The summed E-state index contributed by atoms with van der Waals surface area (Å²) >= 11 is 4.31. The van der Waals surface area contributed by atoms with Gasteiger partial charge in [-0.2, -0.15) is 13.2 Å². The van der Waals surface area contributed by atoms with Crippen molar-refractivity contribution in [3.05, 3.63) is 114 Å². The van der Waals surface area contributed by atoms with Gasteiger partial charge in [-0.1, -0.05) is 54.6 Å². The van der Waals surface area contributed by atoms with Gasteiger partial charge in [0.2, 0.25) is 5.91 Å². The number of hydrogen-bond acceptors (Lipinski definition) is 4. The number of alkyl halides is 3. The second-order valence-corrected chi connectivity index (χ2v) is 11.5. The highest BCUT2D eigenvalue weighted by Crippen LogP contribution is 2.38. The van der Waals surface area contributed by atoms with Gasteiger partial charge in [0.1, 0.15) is 6.04 Å². The molecule has 39 heavy (non-hydrogen) atoms. The van der Waals surface area contributed by atoms with Gasteiger partial charge >= 0.3 is 6.18 Å². The highest BCUT2D eigenvalue weighted by atomic mass is 32.2. The summed E-state index contributed by atoms with van der Waals surface area (Å²) in [5, 5.41) is 2.83. The van der Waals surface area contributed by atoms with Crippen LogP contribution in [-0.2, 0) is 34.0 Å². The average molecular weight is 569 g/mol. The molecule has 0 fully saturated rings. The first kappa shape index (κ1) is 26.8. The van der Waals surface area contributed by atoms with Gasteiger partial charge in [0.25, 0.3) is 10.0 Å². The second-order valence-electron chi connectivity index (χ2n) is 9.14. The Morgan fingerprint density at radius 3 is 2.33 bits per heavy atom. The molecule has 0 aliphatic carbocycles. The van der Waals surface area contributed by atoms with Gasteiger partial charge in [-0.25, -0.2) is 8.42 Å². The Hall–Kier alpha value is -3.76. The van der Waals surface area contributed by atoms with Gasteiger partial charge in [0, 0.05) is 17.9 Å². The molecule has 5 nitrogen and oxygen atoms in total. The van der Waals surface area contributed by atoms with Crippen molar-refractivity contribution in [2.45, 2.75) is 35.0 Å². The fraction of sp³-hybridized carbons (Fsp3) is 0.138. The van der Waals surface area contributed by atoms with Gasteiger partial charge in [0.15, 0.2) is 0 Å². The van der Waals surface area contributed by atoms with Crippen LogP contribution in [0.5, 0.6) is 0 Å². The quantitative estimate of drug-likeness (QED) is 0.277. The Balaban J connectivity index is 1.43. The molecule has 1 atom stereocenters. The van der Waals surface area contributed by atoms with Crippen LogP contribution in [0.25, 0.3) is 11.1 Å². The van der Waals surface area contributed by atoms with Gasteiger partial charge in [-0.15, -0.1) is 12.6 Å². The summed E-state index contributed by atoms with van der Waals surface area (Å²) in [5.74, 6) is -0.445. The van der Waals surface area contributed by atoms with Crippen molar-refractivity contribution in [1.82, 2.24) is 5.32 Å². The molecule has 0 spiro atoms. The summed E-state index contributed by atoms with van der Waals surface area (Å²) in [6, 6.07) is 23.6. The number of halogens is 3. The molecule has 1 amide bonds. The summed E-state index contributed by atoms with van der Waals surface area (Å²) in [6.45, 7) is 0.208. The number of benzene rings is 4. The van der Waals surface area contributed by atoms with Crippen LogP contribution < -0.4 is 9.62 Å². The fourth-order valence-electron chi connectivity index (χ4n) is 4.64. The van der Waals surface area contributed by atoms with Crippen molar-refractivity contribution in [3.8, 4) is 11.1 Å². The van der Waals surface area contributed by atoms with Gasteiger partial charge < -0.3 is 5.32 Å². The topological polar surface area (TPSA) is 66.5 Å². The number of sulfonamides is 1. The van der Waals surface area contributed by atoms with E-state index in [0.29, 0.717) is 16.8 Å². The minimum atomic E-state index is -4.49. The van der Waals surface area contributed by atoms with Crippen molar-refractivity contribution < 1.29 is 26.4 Å². The Kier molecular flexibility index (Phi) is 7.17. The number of nitrogens with one attached hydrogen (secondary N) is 1. The number of amides is 1. The largest absolute Gasteiger partial charge is 0.416 e. The zero-order valence-corrected chi connectivity index (χ0v) is 22.1. The number of anilines is 1. The number of thiol groups is 1. The molecular formula is C29H23F3N2O3S2. The van der Waals surface area contributed by atoms with Crippen LogP contribution >= 0.6 is 12.6 Å². The van der Waals surface area contributed by atoms with Crippen molar-refractivity contribution >= 4 is 34.2 Å². The van der Waals surface area contributed by atoms with E-state index in [2.05, 4.69) is 17.9 Å². The summed E-state index contributed by atoms with van der Waals surface area (Å²) in [5.41, 5.74) is 1.91. The molecular weight excluding hydrogens is 545 g/mol. The summed E-state index contributed by atoms with van der Waals surface area (Å²) in [6.07, 6.45) is -4.29. The predicted octanol–water partition coefficient (Wildman–Crippen LogP) is 6.10. The van der Waals surface area contributed by atoms with E-state index in [-0.39, 0.29) is 17.9 Å². The molecule has 5 rings (SSSR count). The first-order valence-electron chi connectivity index (χ1n) is 12.0. The van der Waals surface area contributed by atoms with Crippen molar-refractivity contribution in [2.24, 2.45) is 0 Å². The monoisotopic (exact) mass is 568 g/mol. The Labute approximate surface area is 229 Å². The number of fused-ring (bicyclic) bond motifs is 1. The van der Waals surface area contributed by atoms with Crippen molar-refractivity contribution in [3.63, 3.8) is 0 Å². The first-order chi connectivity index (χ1) is 18.5. The lowest BCUT2D eigenvalue weighted by Gasteiger charge is -2.26. The molecule has 4 aromatic rings. The first-order valence-corrected chi connectivity index (χ1v) is 13.9. The van der Waals surface area contributed by atoms with Crippen molar-refractivity contribution in [1.29, 1.82) is 0 Å². The Morgan fingerprint density at radius 1 is 0.897 bits per heavy atom. The maximum absolute atomic E-state index is 13.9. The molecule has 4 aromatic carbocycles. The van der Waals surface area contributed by atoms with E-state index in [4.69, 9.17) is 0 Å². The third-order valence-electron chi connectivity index (χ3n) is 6.54. The molecule has 0 unspecified atom stereocenters. The number of carbonyl (C=O) groups excluding carboxylic acids is 1. The normalized spacial score (nSPS) is 15.2. The third kappa shape index (κ3) is 5.53. The lowest BCUT2D eigenvalue weighted by Crippen LogP contribution is -2.47. The van der Waals surface area contributed by atoms with E-state index in [1.54, 1.807) is 24.3 Å². The molecule has 0 bridgehead atoms. The van der Waals surface area contributed by atoms with Crippen LogP contribution in [0.2, 0.25) is 0 Å². The second kappa shape index (κ2) is 10.4.